The first-order valence-electron chi connectivity index (χ1n) is 7.42. The molecule has 0 aliphatic carbocycles. The van der Waals surface area contributed by atoms with Crippen LogP contribution in [0.1, 0.15) is 27.6 Å². The van der Waals surface area contributed by atoms with E-state index in [4.69, 9.17) is 9.47 Å². The van der Waals surface area contributed by atoms with Crippen molar-refractivity contribution in [3.8, 4) is 11.5 Å². The quantitative estimate of drug-likeness (QED) is 0.601. The van der Waals surface area contributed by atoms with Crippen molar-refractivity contribution in [3.05, 3.63) is 59.7 Å². The van der Waals surface area contributed by atoms with Gasteiger partial charge in [-0.25, -0.2) is 0 Å². The highest BCUT2D eigenvalue weighted by atomic mass is 16.5. The van der Waals surface area contributed by atoms with Crippen molar-refractivity contribution in [3.63, 3.8) is 0 Å². The molecule has 2 rings (SSSR count). The van der Waals surface area contributed by atoms with E-state index >= 15 is 0 Å². The second kappa shape index (κ2) is 8.58. The van der Waals surface area contributed by atoms with Crippen LogP contribution in [0.15, 0.2) is 48.5 Å². The van der Waals surface area contributed by atoms with Crippen LogP contribution in [0, 0.1) is 0 Å². The fourth-order valence-corrected chi connectivity index (χ4v) is 1.98. The van der Waals surface area contributed by atoms with Gasteiger partial charge in [-0.2, -0.15) is 0 Å². The van der Waals surface area contributed by atoms with Crippen molar-refractivity contribution in [2.45, 2.75) is 6.92 Å². The van der Waals surface area contributed by atoms with E-state index in [1.165, 1.54) is 0 Å². The third-order valence-corrected chi connectivity index (χ3v) is 3.10. The smallest absolute Gasteiger partial charge is 0.251 e. The Labute approximate surface area is 135 Å². The van der Waals surface area contributed by atoms with Crippen LogP contribution >= 0.6 is 0 Å². The molecule has 2 aromatic carbocycles. The Morgan fingerprint density at radius 1 is 1.04 bits per heavy atom. The van der Waals surface area contributed by atoms with Gasteiger partial charge in [0.05, 0.1) is 13.2 Å². The Bertz CT molecular complexity index is 652. The highest BCUT2D eigenvalue weighted by Gasteiger charge is 2.06. The number of carbonyl (C=O) groups excluding carboxylic acids is 2. The van der Waals surface area contributed by atoms with Crippen LogP contribution < -0.4 is 14.8 Å². The minimum Gasteiger partial charge on any atom is -0.490 e. The van der Waals surface area contributed by atoms with Crippen molar-refractivity contribution in [1.29, 1.82) is 0 Å². The number of hydrogen-bond donors (Lipinski definition) is 1. The first-order chi connectivity index (χ1) is 11.2. The predicted molar refractivity (Wildman–Crippen MR) is 87.3 cm³/mol. The minimum atomic E-state index is -0.204. The summed E-state index contributed by atoms with van der Waals surface area (Å²) in [5, 5.41) is 2.77. The summed E-state index contributed by atoms with van der Waals surface area (Å²) in [6, 6.07) is 13.9. The maximum absolute atomic E-state index is 11.9. The normalized spacial score (nSPS) is 9.96. The van der Waals surface area contributed by atoms with Gasteiger partial charge in [0.2, 0.25) is 0 Å². The lowest BCUT2D eigenvalue weighted by atomic mass is 10.1. The predicted octanol–water partition coefficient (Wildman–Crippen LogP) is 2.71. The van der Waals surface area contributed by atoms with E-state index in [1.807, 2.05) is 31.2 Å². The average Bonchev–Trinajstić information content (AvgIpc) is 2.60. The number of rotatable bonds is 8. The topological polar surface area (TPSA) is 64.6 Å². The van der Waals surface area contributed by atoms with Gasteiger partial charge in [-0.1, -0.05) is 24.3 Å². The average molecular weight is 313 g/mol. The molecule has 0 aromatic heterocycles. The summed E-state index contributed by atoms with van der Waals surface area (Å²) in [4.78, 5) is 22.5. The van der Waals surface area contributed by atoms with Crippen molar-refractivity contribution >= 4 is 12.2 Å². The van der Waals surface area contributed by atoms with Crippen LogP contribution in [0.25, 0.3) is 0 Å². The van der Waals surface area contributed by atoms with Gasteiger partial charge in [0.25, 0.3) is 5.91 Å². The lowest BCUT2D eigenvalue weighted by Gasteiger charge is -2.12. The first kappa shape index (κ1) is 16.5. The summed E-state index contributed by atoms with van der Waals surface area (Å²) in [5.41, 5.74) is 1.04. The van der Waals surface area contributed by atoms with Crippen LogP contribution in [0.3, 0.4) is 0 Å². The molecule has 0 saturated heterocycles. The monoisotopic (exact) mass is 313 g/mol. The third kappa shape index (κ3) is 4.85. The Morgan fingerprint density at radius 3 is 2.30 bits per heavy atom. The SMILES string of the molecule is CCOc1ccccc1OCCNC(=O)c1ccc(C=O)cc1. The van der Waals surface area contributed by atoms with Gasteiger partial charge in [-0.05, 0) is 31.2 Å². The number of para-hydroxylation sites is 2. The fourth-order valence-electron chi connectivity index (χ4n) is 1.98. The molecule has 0 atom stereocenters. The summed E-state index contributed by atoms with van der Waals surface area (Å²) in [6.45, 7) is 3.18. The molecular weight excluding hydrogens is 294 g/mol. The molecule has 0 saturated carbocycles. The van der Waals surface area contributed by atoms with Gasteiger partial charge in [-0.15, -0.1) is 0 Å². The fraction of sp³-hybridized carbons (Fsp3) is 0.222. The Hall–Kier alpha value is -2.82. The number of amides is 1. The van der Waals surface area contributed by atoms with Gasteiger partial charge in [0.15, 0.2) is 11.5 Å². The number of nitrogens with one attached hydrogen (secondary N) is 1. The van der Waals surface area contributed by atoms with Gasteiger partial charge in [0.1, 0.15) is 12.9 Å². The zero-order valence-corrected chi connectivity index (χ0v) is 13.0. The molecule has 23 heavy (non-hydrogen) atoms. The molecule has 120 valence electrons. The molecule has 0 fully saturated rings. The molecule has 0 heterocycles. The van der Waals surface area contributed by atoms with E-state index in [9.17, 15) is 9.59 Å². The van der Waals surface area contributed by atoms with Gasteiger partial charge >= 0.3 is 0 Å². The van der Waals surface area contributed by atoms with Crippen LogP contribution in [0.2, 0.25) is 0 Å². The molecule has 1 amide bonds. The maximum Gasteiger partial charge on any atom is 0.251 e. The molecule has 5 nitrogen and oxygen atoms in total. The molecule has 1 N–H and O–H groups in total. The lowest BCUT2D eigenvalue weighted by Crippen LogP contribution is -2.28. The van der Waals surface area contributed by atoms with E-state index in [-0.39, 0.29) is 5.91 Å². The Kier molecular flexibility index (Phi) is 6.17. The summed E-state index contributed by atoms with van der Waals surface area (Å²) in [5.74, 6) is 1.13. The summed E-state index contributed by atoms with van der Waals surface area (Å²) in [7, 11) is 0. The maximum atomic E-state index is 11.9. The van der Waals surface area contributed by atoms with Crippen LogP contribution in [-0.2, 0) is 0 Å². The third-order valence-electron chi connectivity index (χ3n) is 3.10. The van der Waals surface area contributed by atoms with Crippen LogP contribution in [0.5, 0.6) is 11.5 Å². The van der Waals surface area contributed by atoms with Gasteiger partial charge in [0, 0.05) is 11.1 Å². The number of hydrogen-bond acceptors (Lipinski definition) is 4. The van der Waals surface area contributed by atoms with E-state index in [1.54, 1.807) is 24.3 Å². The van der Waals surface area contributed by atoms with Gasteiger partial charge in [-0.3, -0.25) is 9.59 Å². The Balaban J connectivity index is 1.80. The molecular formula is C18H19NO4. The number of ether oxygens (including phenoxy) is 2. The minimum absolute atomic E-state index is 0.204. The molecule has 0 radical (unpaired) electrons. The summed E-state index contributed by atoms with van der Waals surface area (Å²) >= 11 is 0. The number of aldehydes is 1. The molecule has 0 aliphatic rings. The zero-order valence-electron chi connectivity index (χ0n) is 13.0. The molecule has 0 unspecified atom stereocenters. The summed E-state index contributed by atoms with van der Waals surface area (Å²) < 4.78 is 11.1. The Morgan fingerprint density at radius 2 is 1.70 bits per heavy atom. The second-order valence-electron chi connectivity index (χ2n) is 4.72. The summed E-state index contributed by atoms with van der Waals surface area (Å²) in [6.07, 6.45) is 0.741. The number of carbonyl (C=O) groups is 2. The molecule has 0 bridgehead atoms. The van der Waals surface area contributed by atoms with E-state index in [0.717, 1.165) is 6.29 Å². The first-order valence-corrected chi connectivity index (χ1v) is 7.42. The highest BCUT2D eigenvalue weighted by Crippen LogP contribution is 2.25. The lowest BCUT2D eigenvalue weighted by molar-refractivity contribution is 0.0946. The zero-order chi connectivity index (χ0) is 16.5. The van der Waals surface area contributed by atoms with E-state index in [0.29, 0.717) is 42.4 Å². The second-order valence-corrected chi connectivity index (χ2v) is 4.72. The molecule has 0 spiro atoms. The van der Waals surface area contributed by atoms with Crippen LogP contribution in [-0.4, -0.2) is 32.0 Å². The van der Waals surface area contributed by atoms with Crippen molar-refractivity contribution < 1.29 is 19.1 Å². The largest absolute Gasteiger partial charge is 0.490 e. The van der Waals surface area contributed by atoms with Crippen LogP contribution in [0.4, 0.5) is 0 Å². The molecule has 2 aromatic rings. The van der Waals surface area contributed by atoms with E-state index in [2.05, 4.69) is 5.32 Å². The van der Waals surface area contributed by atoms with Gasteiger partial charge < -0.3 is 14.8 Å². The van der Waals surface area contributed by atoms with E-state index < -0.39 is 0 Å². The van der Waals surface area contributed by atoms with Crippen molar-refractivity contribution in [2.75, 3.05) is 19.8 Å². The standard InChI is InChI=1S/C18H19NO4/c1-2-22-16-5-3-4-6-17(16)23-12-11-19-18(21)15-9-7-14(13-20)8-10-15/h3-10,13H,2,11-12H2,1H3,(H,19,21). The highest BCUT2D eigenvalue weighted by molar-refractivity contribution is 5.94. The number of benzene rings is 2. The molecule has 5 heteroatoms. The van der Waals surface area contributed by atoms with Crippen molar-refractivity contribution in [1.82, 2.24) is 5.32 Å². The van der Waals surface area contributed by atoms with Crippen molar-refractivity contribution in [2.24, 2.45) is 0 Å². The molecule has 0 aliphatic heterocycles.